The predicted octanol–water partition coefficient (Wildman–Crippen LogP) is 2.91. The van der Waals surface area contributed by atoms with Crippen molar-refractivity contribution >= 4 is 11.6 Å². The van der Waals surface area contributed by atoms with Gasteiger partial charge in [-0.1, -0.05) is 18.2 Å². The number of ether oxygens (including phenoxy) is 2. The van der Waals surface area contributed by atoms with Crippen LogP contribution in [0.25, 0.3) is 5.69 Å². The summed E-state index contributed by atoms with van der Waals surface area (Å²) in [5.74, 6) is 1.36. The number of para-hydroxylation sites is 1. The first-order valence-corrected chi connectivity index (χ1v) is 10.6. The van der Waals surface area contributed by atoms with Crippen LogP contribution in [-0.4, -0.2) is 66.1 Å². The second kappa shape index (κ2) is 9.32. The first kappa shape index (κ1) is 21.7. The lowest BCUT2D eigenvalue weighted by Crippen LogP contribution is -2.49. The van der Waals surface area contributed by atoms with Crippen LogP contribution in [-0.2, 0) is 0 Å². The molecule has 1 aliphatic rings. The molecule has 1 atom stereocenters. The summed E-state index contributed by atoms with van der Waals surface area (Å²) in [5, 5.41) is 14.5. The van der Waals surface area contributed by atoms with Gasteiger partial charge in [0.1, 0.15) is 17.2 Å². The summed E-state index contributed by atoms with van der Waals surface area (Å²) in [6.07, 6.45) is -0.758. The largest absolute Gasteiger partial charge is 0.497 e. The lowest BCUT2D eigenvalue weighted by atomic mass is 10.2. The van der Waals surface area contributed by atoms with Crippen molar-refractivity contribution < 1.29 is 19.4 Å². The van der Waals surface area contributed by atoms with Crippen molar-refractivity contribution in [1.82, 2.24) is 14.7 Å². The third kappa shape index (κ3) is 4.40. The van der Waals surface area contributed by atoms with E-state index in [2.05, 4.69) is 10.00 Å². The average molecular weight is 437 g/mol. The number of rotatable bonds is 6. The van der Waals surface area contributed by atoms with Crippen molar-refractivity contribution in [3.05, 3.63) is 66.0 Å². The second-order valence-electron chi connectivity index (χ2n) is 7.73. The molecule has 0 aliphatic carbocycles. The predicted molar refractivity (Wildman–Crippen MR) is 122 cm³/mol. The minimum absolute atomic E-state index is 0.101. The van der Waals surface area contributed by atoms with Crippen LogP contribution in [0.2, 0.25) is 0 Å². The molecule has 0 spiro atoms. The van der Waals surface area contributed by atoms with Crippen molar-refractivity contribution in [1.29, 1.82) is 0 Å². The van der Waals surface area contributed by atoms with Gasteiger partial charge < -0.3 is 24.4 Å². The highest BCUT2D eigenvalue weighted by Gasteiger charge is 2.27. The van der Waals surface area contributed by atoms with Crippen molar-refractivity contribution in [3.8, 4) is 17.2 Å². The van der Waals surface area contributed by atoms with Gasteiger partial charge in [-0.3, -0.25) is 4.79 Å². The summed E-state index contributed by atoms with van der Waals surface area (Å²) in [6.45, 7) is 4.16. The summed E-state index contributed by atoms with van der Waals surface area (Å²) < 4.78 is 12.4. The second-order valence-corrected chi connectivity index (χ2v) is 7.73. The number of aliphatic hydroxyl groups is 1. The zero-order chi connectivity index (χ0) is 22.7. The van der Waals surface area contributed by atoms with Crippen LogP contribution in [0, 0.1) is 0 Å². The number of carbonyl (C=O) groups is 1. The van der Waals surface area contributed by atoms with E-state index in [1.165, 1.54) is 0 Å². The standard InChI is InChI=1S/C24H28N4O4/c1-17(29)22-16-23(28(25-22)18-7-5-4-6-8-18)24(30)27-11-9-26(10-12-27)19-13-20(31-2)15-21(14-19)32-3/h4-8,13-17,29H,9-12H2,1-3H3. The van der Waals surface area contributed by atoms with E-state index in [0.717, 1.165) is 22.9 Å². The number of hydrogen-bond acceptors (Lipinski definition) is 6. The Labute approximate surface area is 187 Å². The lowest BCUT2D eigenvalue weighted by Gasteiger charge is -2.36. The van der Waals surface area contributed by atoms with Gasteiger partial charge in [-0.05, 0) is 25.1 Å². The minimum Gasteiger partial charge on any atom is -0.497 e. The third-order valence-corrected chi connectivity index (χ3v) is 5.64. The molecule has 1 unspecified atom stereocenters. The Bertz CT molecular complexity index is 1050. The summed E-state index contributed by atoms with van der Waals surface area (Å²) in [5.41, 5.74) is 2.70. The van der Waals surface area contributed by atoms with E-state index in [-0.39, 0.29) is 5.91 Å². The molecule has 1 aliphatic heterocycles. The molecule has 8 heteroatoms. The molecule has 1 fully saturated rings. The maximum absolute atomic E-state index is 13.4. The SMILES string of the molecule is COc1cc(OC)cc(N2CCN(C(=O)c3cc(C(C)O)nn3-c3ccccc3)CC2)c1. The molecule has 32 heavy (non-hydrogen) atoms. The van der Waals surface area contributed by atoms with Gasteiger partial charge in [0.2, 0.25) is 0 Å². The Morgan fingerprint density at radius 2 is 1.56 bits per heavy atom. The van der Waals surface area contributed by atoms with Crippen LogP contribution in [0.15, 0.2) is 54.6 Å². The third-order valence-electron chi connectivity index (χ3n) is 5.64. The van der Waals surface area contributed by atoms with Crippen LogP contribution in [0.4, 0.5) is 5.69 Å². The highest BCUT2D eigenvalue weighted by molar-refractivity contribution is 5.93. The summed E-state index contributed by atoms with van der Waals surface area (Å²) in [4.78, 5) is 17.4. The van der Waals surface area contributed by atoms with Gasteiger partial charge in [0.25, 0.3) is 5.91 Å². The quantitative estimate of drug-likeness (QED) is 0.640. The van der Waals surface area contributed by atoms with E-state index < -0.39 is 6.10 Å². The summed E-state index contributed by atoms with van der Waals surface area (Å²) in [7, 11) is 3.26. The molecule has 1 aromatic heterocycles. The summed E-state index contributed by atoms with van der Waals surface area (Å²) >= 11 is 0. The molecule has 3 aromatic rings. The van der Waals surface area contributed by atoms with Gasteiger partial charge >= 0.3 is 0 Å². The number of nitrogens with zero attached hydrogens (tertiary/aromatic N) is 4. The van der Waals surface area contributed by atoms with Crippen LogP contribution < -0.4 is 14.4 Å². The number of methoxy groups -OCH3 is 2. The van der Waals surface area contributed by atoms with E-state index in [1.807, 2.05) is 53.4 Å². The number of carbonyl (C=O) groups excluding carboxylic acids is 1. The fraction of sp³-hybridized carbons (Fsp3) is 0.333. The number of hydrogen-bond donors (Lipinski definition) is 1. The Hall–Kier alpha value is -3.52. The molecule has 0 bridgehead atoms. The monoisotopic (exact) mass is 436 g/mol. The van der Waals surface area contributed by atoms with Crippen LogP contribution in [0.3, 0.4) is 0 Å². The molecule has 8 nitrogen and oxygen atoms in total. The van der Waals surface area contributed by atoms with Gasteiger partial charge in [-0.2, -0.15) is 5.10 Å². The summed E-state index contributed by atoms with van der Waals surface area (Å²) in [6, 6.07) is 17.0. The zero-order valence-corrected chi connectivity index (χ0v) is 18.6. The van der Waals surface area contributed by atoms with E-state index in [9.17, 15) is 9.90 Å². The van der Waals surface area contributed by atoms with Crippen molar-refractivity contribution in [3.63, 3.8) is 0 Å². The van der Waals surface area contributed by atoms with Crippen LogP contribution in [0.5, 0.6) is 11.5 Å². The minimum atomic E-state index is -0.758. The first-order chi connectivity index (χ1) is 15.5. The maximum atomic E-state index is 13.4. The number of anilines is 1. The fourth-order valence-electron chi connectivity index (χ4n) is 3.83. The van der Waals surface area contributed by atoms with Crippen molar-refractivity contribution in [2.24, 2.45) is 0 Å². The molecule has 4 rings (SSSR count). The average Bonchev–Trinajstić information content (AvgIpc) is 3.30. The molecule has 1 amide bonds. The number of aliphatic hydroxyl groups excluding tert-OH is 1. The van der Waals surface area contributed by atoms with Gasteiger partial charge in [0.05, 0.1) is 31.7 Å². The van der Waals surface area contributed by atoms with E-state index in [4.69, 9.17) is 9.47 Å². The molecule has 1 saturated heterocycles. The number of amides is 1. The molecular weight excluding hydrogens is 408 g/mol. The normalized spacial score (nSPS) is 14.9. The number of piperazine rings is 1. The number of aromatic nitrogens is 2. The maximum Gasteiger partial charge on any atom is 0.272 e. The lowest BCUT2D eigenvalue weighted by molar-refractivity contribution is 0.0737. The first-order valence-electron chi connectivity index (χ1n) is 10.6. The van der Waals surface area contributed by atoms with Crippen molar-refractivity contribution in [2.45, 2.75) is 13.0 Å². The Morgan fingerprint density at radius 1 is 0.938 bits per heavy atom. The van der Waals surface area contributed by atoms with Crippen molar-refractivity contribution in [2.75, 3.05) is 45.3 Å². The van der Waals surface area contributed by atoms with Gasteiger partial charge in [-0.15, -0.1) is 0 Å². The van der Waals surface area contributed by atoms with E-state index >= 15 is 0 Å². The molecule has 0 saturated carbocycles. The van der Waals surface area contributed by atoms with Gasteiger partial charge in [-0.25, -0.2) is 4.68 Å². The highest BCUT2D eigenvalue weighted by Crippen LogP contribution is 2.29. The van der Waals surface area contributed by atoms with E-state index in [1.54, 1.807) is 31.9 Å². The molecular formula is C24H28N4O4. The zero-order valence-electron chi connectivity index (χ0n) is 18.6. The highest BCUT2D eigenvalue weighted by atomic mass is 16.5. The van der Waals surface area contributed by atoms with Crippen LogP contribution >= 0.6 is 0 Å². The Morgan fingerprint density at radius 3 is 2.12 bits per heavy atom. The number of benzene rings is 2. The van der Waals surface area contributed by atoms with Gasteiger partial charge in [0.15, 0.2) is 0 Å². The van der Waals surface area contributed by atoms with E-state index in [0.29, 0.717) is 37.6 Å². The van der Waals surface area contributed by atoms with Gasteiger partial charge in [0, 0.05) is 50.1 Å². The molecule has 0 radical (unpaired) electrons. The molecule has 1 N–H and O–H groups in total. The van der Waals surface area contributed by atoms with Crippen LogP contribution in [0.1, 0.15) is 29.2 Å². The Kier molecular flexibility index (Phi) is 6.32. The molecule has 2 heterocycles. The topological polar surface area (TPSA) is 80.1 Å². The smallest absolute Gasteiger partial charge is 0.272 e. The Balaban J connectivity index is 1.53. The molecule has 2 aromatic carbocycles. The molecule has 168 valence electrons. The fourth-order valence-corrected chi connectivity index (χ4v) is 3.83.